The highest BCUT2D eigenvalue weighted by atomic mass is 19.3. The molecule has 0 aromatic heterocycles. The average molecular weight is 165 g/mol. The van der Waals surface area contributed by atoms with E-state index in [0.717, 1.165) is 6.92 Å². The molecule has 2 nitrogen and oxygen atoms in total. The van der Waals surface area contributed by atoms with E-state index in [1.165, 1.54) is 0 Å². The molecule has 0 saturated heterocycles. The summed E-state index contributed by atoms with van der Waals surface area (Å²) in [6.45, 7) is 4.18. The Morgan fingerprint density at radius 2 is 2.00 bits per heavy atom. The molecule has 0 aliphatic heterocycles. The van der Waals surface area contributed by atoms with Crippen molar-refractivity contribution in [1.82, 2.24) is 5.32 Å². The molecule has 1 N–H and O–H groups in total. The van der Waals surface area contributed by atoms with E-state index in [1.54, 1.807) is 13.8 Å². The smallest absolute Gasteiger partial charge is 0.254 e. The van der Waals surface area contributed by atoms with Gasteiger partial charge in [-0.15, -0.1) is 0 Å². The van der Waals surface area contributed by atoms with Crippen LogP contribution in [-0.2, 0) is 4.79 Å². The molecule has 0 aromatic carbocycles. The van der Waals surface area contributed by atoms with Crippen molar-refractivity contribution in [2.75, 3.05) is 0 Å². The Labute approximate surface area is 65.0 Å². The molecule has 0 heterocycles. The lowest BCUT2D eigenvalue weighted by molar-refractivity contribution is -0.127. The SMILES string of the molecule is CC(C)NC(=O)CC(C)(F)F. The molecule has 0 rings (SSSR count). The van der Waals surface area contributed by atoms with Crippen LogP contribution in [0.2, 0.25) is 0 Å². The van der Waals surface area contributed by atoms with E-state index in [4.69, 9.17) is 0 Å². The number of carbonyl (C=O) groups is 1. The van der Waals surface area contributed by atoms with Crippen molar-refractivity contribution in [2.24, 2.45) is 0 Å². The van der Waals surface area contributed by atoms with Crippen molar-refractivity contribution in [3.8, 4) is 0 Å². The lowest BCUT2D eigenvalue weighted by Gasteiger charge is -2.11. The molecule has 0 atom stereocenters. The first kappa shape index (κ1) is 10.3. The molecule has 0 spiro atoms. The number of hydrogen-bond acceptors (Lipinski definition) is 1. The molecule has 0 radical (unpaired) electrons. The molecule has 66 valence electrons. The van der Waals surface area contributed by atoms with Crippen molar-refractivity contribution in [3.05, 3.63) is 0 Å². The lowest BCUT2D eigenvalue weighted by Crippen LogP contribution is -2.33. The van der Waals surface area contributed by atoms with Gasteiger partial charge in [-0.2, -0.15) is 0 Å². The number of nitrogens with one attached hydrogen (secondary N) is 1. The summed E-state index contributed by atoms with van der Waals surface area (Å²) in [6, 6.07) is -0.0788. The van der Waals surface area contributed by atoms with Gasteiger partial charge in [0.2, 0.25) is 5.91 Å². The fourth-order valence-corrected chi connectivity index (χ4v) is 0.655. The number of amides is 1. The van der Waals surface area contributed by atoms with Gasteiger partial charge in [-0.1, -0.05) is 0 Å². The summed E-state index contributed by atoms with van der Waals surface area (Å²) >= 11 is 0. The Kier molecular flexibility index (Phi) is 3.42. The van der Waals surface area contributed by atoms with Crippen molar-refractivity contribution in [1.29, 1.82) is 0 Å². The summed E-state index contributed by atoms with van der Waals surface area (Å²) in [4.78, 5) is 10.7. The predicted molar refractivity (Wildman–Crippen MR) is 38.5 cm³/mol. The molecule has 0 fully saturated rings. The second-order valence-electron chi connectivity index (χ2n) is 2.97. The Morgan fingerprint density at radius 1 is 1.55 bits per heavy atom. The zero-order valence-electron chi connectivity index (χ0n) is 6.95. The highest BCUT2D eigenvalue weighted by Crippen LogP contribution is 2.15. The third kappa shape index (κ3) is 7.22. The van der Waals surface area contributed by atoms with Gasteiger partial charge >= 0.3 is 0 Å². The first-order valence-corrected chi connectivity index (χ1v) is 3.48. The normalized spacial score (nSPS) is 11.8. The van der Waals surface area contributed by atoms with Crippen molar-refractivity contribution >= 4 is 5.91 Å². The second-order valence-corrected chi connectivity index (χ2v) is 2.97. The van der Waals surface area contributed by atoms with Gasteiger partial charge in [0.25, 0.3) is 5.92 Å². The van der Waals surface area contributed by atoms with E-state index in [2.05, 4.69) is 5.32 Å². The Morgan fingerprint density at radius 3 is 2.27 bits per heavy atom. The number of alkyl halides is 2. The van der Waals surface area contributed by atoms with Crippen LogP contribution in [0, 0.1) is 0 Å². The van der Waals surface area contributed by atoms with Crippen LogP contribution < -0.4 is 5.32 Å². The Hall–Kier alpha value is -0.670. The largest absolute Gasteiger partial charge is 0.354 e. The lowest BCUT2D eigenvalue weighted by atomic mass is 10.2. The third-order valence-electron chi connectivity index (χ3n) is 0.921. The van der Waals surface area contributed by atoms with E-state index in [0.29, 0.717) is 0 Å². The minimum atomic E-state index is -2.90. The topological polar surface area (TPSA) is 29.1 Å². The van der Waals surface area contributed by atoms with Gasteiger partial charge in [-0.05, 0) is 20.8 Å². The maximum absolute atomic E-state index is 12.2. The Bertz CT molecular complexity index is 140. The van der Waals surface area contributed by atoms with E-state index in [1.807, 2.05) is 0 Å². The first-order chi connectivity index (χ1) is 4.81. The summed E-state index contributed by atoms with van der Waals surface area (Å²) in [5.74, 6) is -3.51. The maximum atomic E-state index is 12.2. The van der Waals surface area contributed by atoms with Gasteiger partial charge in [0.1, 0.15) is 0 Å². The molecular weight excluding hydrogens is 152 g/mol. The number of halogens is 2. The summed E-state index contributed by atoms with van der Waals surface area (Å²) in [7, 11) is 0. The summed E-state index contributed by atoms with van der Waals surface area (Å²) in [6.07, 6.45) is -0.731. The van der Waals surface area contributed by atoms with Gasteiger partial charge in [0.05, 0.1) is 6.42 Å². The van der Waals surface area contributed by atoms with E-state index >= 15 is 0 Å². The second kappa shape index (κ2) is 3.64. The van der Waals surface area contributed by atoms with E-state index in [9.17, 15) is 13.6 Å². The first-order valence-electron chi connectivity index (χ1n) is 3.48. The highest BCUT2D eigenvalue weighted by molar-refractivity contribution is 5.76. The molecule has 0 aliphatic carbocycles. The fraction of sp³-hybridized carbons (Fsp3) is 0.857. The van der Waals surface area contributed by atoms with E-state index in [-0.39, 0.29) is 6.04 Å². The minimum absolute atomic E-state index is 0.0788. The van der Waals surface area contributed by atoms with Crippen LogP contribution in [0.25, 0.3) is 0 Å². The predicted octanol–water partition coefficient (Wildman–Crippen LogP) is 1.56. The summed E-state index contributed by atoms with van der Waals surface area (Å²) in [5.41, 5.74) is 0. The van der Waals surface area contributed by atoms with E-state index < -0.39 is 18.3 Å². The molecule has 4 heteroatoms. The van der Waals surface area contributed by atoms with Crippen LogP contribution in [0.4, 0.5) is 8.78 Å². The van der Waals surface area contributed by atoms with Crippen LogP contribution in [0.3, 0.4) is 0 Å². The van der Waals surface area contributed by atoms with Gasteiger partial charge in [-0.3, -0.25) is 4.79 Å². The van der Waals surface area contributed by atoms with Gasteiger partial charge < -0.3 is 5.32 Å². The fourth-order valence-electron chi connectivity index (χ4n) is 0.655. The van der Waals surface area contributed by atoms with Crippen molar-refractivity contribution < 1.29 is 13.6 Å². The molecule has 11 heavy (non-hydrogen) atoms. The molecule has 0 aliphatic rings. The molecule has 0 saturated carbocycles. The molecule has 0 unspecified atom stereocenters. The monoisotopic (exact) mass is 165 g/mol. The zero-order valence-corrected chi connectivity index (χ0v) is 6.95. The number of hydrogen-bond donors (Lipinski definition) is 1. The molecule has 0 bridgehead atoms. The van der Waals surface area contributed by atoms with Crippen molar-refractivity contribution in [2.45, 2.75) is 39.2 Å². The molecular formula is C7H13F2NO. The standard InChI is InChI=1S/C7H13F2NO/c1-5(2)10-6(11)4-7(3,8)9/h5H,4H2,1-3H3,(H,10,11). The maximum Gasteiger partial charge on any atom is 0.254 e. The minimum Gasteiger partial charge on any atom is -0.354 e. The van der Waals surface area contributed by atoms with Crippen LogP contribution in [0.5, 0.6) is 0 Å². The van der Waals surface area contributed by atoms with Crippen LogP contribution in [0.1, 0.15) is 27.2 Å². The summed E-state index contributed by atoms with van der Waals surface area (Å²) in [5, 5.41) is 2.38. The van der Waals surface area contributed by atoms with Crippen LogP contribution in [-0.4, -0.2) is 17.9 Å². The van der Waals surface area contributed by atoms with Crippen LogP contribution in [0.15, 0.2) is 0 Å². The number of rotatable bonds is 3. The zero-order chi connectivity index (χ0) is 9.07. The van der Waals surface area contributed by atoms with Crippen molar-refractivity contribution in [3.63, 3.8) is 0 Å². The van der Waals surface area contributed by atoms with Gasteiger partial charge in [-0.25, -0.2) is 8.78 Å². The van der Waals surface area contributed by atoms with Crippen LogP contribution >= 0.6 is 0 Å². The average Bonchev–Trinajstić information content (AvgIpc) is 1.53. The summed E-state index contributed by atoms with van der Waals surface area (Å²) < 4.78 is 24.3. The number of carbonyl (C=O) groups excluding carboxylic acids is 1. The van der Waals surface area contributed by atoms with Gasteiger partial charge in [0, 0.05) is 6.04 Å². The van der Waals surface area contributed by atoms with Gasteiger partial charge in [0.15, 0.2) is 0 Å². The third-order valence-corrected chi connectivity index (χ3v) is 0.921. The highest BCUT2D eigenvalue weighted by Gasteiger charge is 2.25. The molecule has 0 aromatic rings. The quantitative estimate of drug-likeness (QED) is 0.675. The Balaban J connectivity index is 3.71. The molecule has 1 amide bonds.